The fourth-order valence-electron chi connectivity index (χ4n) is 3.88. The van der Waals surface area contributed by atoms with Crippen LogP contribution in [0.25, 0.3) is 16.5 Å². The molecule has 0 atom stereocenters. The number of fused-ring (bicyclic) bond motifs is 1. The Bertz CT molecular complexity index is 1330. The summed E-state index contributed by atoms with van der Waals surface area (Å²) in [7, 11) is -4.12. The summed E-state index contributed by atoms with van der Waals surface area (Å²) >= 11 is 0.635. The Kier molecular flexibility index (Phi) is 5.57. The average molecular weight is 518 g/mol. The van der Waals surface area contributed by atoms with Gasteiger partial charge in [-0.3, -0.25) is 4.40 Å². The summed E-state index contributed by atoms with van der Waals surface area (Å²) in [5.41, 5.74) is -1.19. The number of hydrogen-bond acceptors (Lipinski definition) is 9. The number of pyridine rings is 1. The Morgan fingerprint density at radius 1 is 1.18 bits per heavy atom. The number of alkyl halides is 3. The Hall–Kier alpha value is -2.36. The maximum atomic E-state index is 13.4. The summed E-state index contributed by atoms with van der Waals surface area (Å²) in [6.07, 6.45) is 0.172. The van der Waals surface area contributed by atoms with Crippen LogP contribution in [-0.4, -0.2) is 69.2 Å². The Balaban J connectivity index is 1.63. The quantitative estimate of drug-likeness (QED) is 0.489. The number of aromatic nitrogens is 5. The molecule has 0 unspecified atom stereocenters. The van der Waals surface area contributed by atoms with Gasteiger partial charge in [-0.05, 0) is 38.7 Å². The summed E-state index contributed by atoms with van der Waals surface area (Å²) in [6, 6.07) is 1.44. The molecule has 2 N–H and O–H groups in total. The highest BCUT2D eigenvalue weighted by Crippen LogP contribution is 2.38. The fourth-order valence-corrected chi connectivity index (χ4v) is 6.02. The topological polar surface area (TPSA) is 126 Å². The summed E-state index contributed by atoms with van der Waals surface area (Å²) in [5, 5.41) is 25.4. The van der Waals surface area contributed by atoms with Crippen molar-refractivity contribution in [1.29, 1.82) is 0 Å². The minimum atomic E-state index is -4.12. The molecule has 15 heteroatoms. The molecule has 1 aliphatic carbocycles. The van der Waals surface area contributed by atoms with Gasteiger partial charge in [0, 0.05) is 19.3 Å². The lowest BCUT2D eigenvalue weighted by molar-refractivity contribution is 0.0351. The first-order valence-electron chi connectivity index (χ1n) is 10.6. The Morgan fingerprint density at radius 2 is 1.88 bits per heavy atom. The van der Waals surface area contributed by atoms with Crippen LogP contribution in [-0.2, 0) is 10.0 Å². The number of piperidine rings is 1. The number of aliphatic hydroxyl groups is 1. The van der Waals surface area contributed by atoms with Gasteiger partial charge < -0.3 is 10.0 Å². The molecule has 2 fully saturated rings. The molecule has 184 valence electrons. The maximum absolute atomic E-state index is 13.4. The molecule has 10 nitrogen and oxygen atoms in total. The first-order valence-corrected chi connectivity index (χ1v) is 12.9. The number of nitrogens with zero attached hydrogens (tertiary/aromatic N) is 6. The predicted octanol–water partition coefficient (Wildman–Crippen LogP) is 2.32. The van der Waals surface area contributed by atoms with Crippen LogP contribution in [0.4, 0.5) is 18.9 Å². The SMILES string of the molecule is CC1(O)CCN(c2cc(S(=O)(=O)NC3(CF)CC3)cn3c(-c4nnc(C(F)F)s4)nnc23)CC1. The van der Waals surface area contributed by atoms with Crippen LogP contribution < -0.4 is 9.62 Å². The molecule has 0 amide bonds. The van der Waals surface area contributed by atoms with Crippen molar-refractivity contribution in [2.75, 3.05) is 24.7 Å². The van der Waals surface area contributed by atoms with Crippen molar-refractivity contribution in [1.82, 2.24) is 29.5 Å². The lowest BCUT2D eigenvalue weighted by Crippen LogP contribution is -2.43. The van der Waals surface area contributed by atoms with Gasteiger partial charge in [-0.1, -0.05) is 11.3 Å². The average Bonchev–Trinajstić information content (AvgIpc) is 3.19. The van der Waals surface area contributed by atoms with Crippen LogP contribution in [0, 0.1) is 0 Å². The summed E-state index contributed by atoms with van der Waals surface area (Å²) in [5.74, 6) is 0.0633. The second-order valence-electron chi connectivity index (χ2n) is 9.03. The van der Waals surface area contributed by atoms with E-state index in [4.69, 9.17) is 0 Å². The fraction of sp³-hybridized carbons (Fsp3) is 0.579. The van der Waals surface area contributed by atoms with Gasteiger partial charge in [0.05, 0.1) is 16.8 Å². The van der Waals surface area contributed by atoms with Gasteiger partial charge in [-0.25, -0.2) is 26.3 Å². The van der Waals surface area contributed by atoms with Crippen LogP contribution in [0.5, 0.6) is 0 Å². The van der Waals surface area contributed by atoms with E-state index in [1.54, 1.807) is 6.92 Å². The molecule has 0 aromatic carbocycles. The zero-order valence-electron chi connectivity index (χ0n) is 18.1. The predicted molar refractivity (Wildman–Crippen MR) is 117 cm³/mol. The number of sulfonamides is 1. The molecule has 3 aromatic heterocycles. The lowest BCUT2D eigenvalue weighted by Gasteiger charge is -2.37. The van der Waals surface area contributed by atoms with Gasteiger partial charge >= 0.3 is 0 Å². The number of nitrogens with one attached hydrogen (secondary N) is 1. The van der Waals surface area contributed by atoms with Crippen LogP contribution in [0.1, 0.15) is 44.0 Å². The van der Waals surface area contributed by atoms with Gasteiger partial charge in [0.1, 0.15) is 11.6 Å². The van der Waals surface area contributed by atoms with Crippen molar-refractivity contribution >= 4 is 32.7 Å². The van der Waals surface area contributed by atoms with Crippen molar-refractivity contribution in [2.45, 2.75) is 55.1 Å². The minimum Gasteiger partial charge on any atom is -0.390 e. The van der Waals surface area contributed by atoms with E-state index in [2.05, 4.69) is 25.1 Å². The monoisotopic (exact) mass is 517 g/mol. The van der Waals surface area contributed by atoms with E-state index >= 15 is 0 Å². The molecule has 0 radical (unpaired) electrons. The van der Waals surface area contributed by atoms with Crippen molar-refractivity contribution in [3.8, 4) is 10.8 Å². The van der Waals surface area contributed by atoms with E-state index in [1.165, 1.54) is 16.7 Å². The molecule has 3 aromatic rings. The molecular formula is C19H22F3N7O3S2. The van der Waals surface area contributed by atoms with Gasteiger partial charge in [0.15, 0.2) is 21.5 Å². The first kappa shape index (κ1) is 23.4. The van der Waals surface area contributed by atoms with E-state index < -0.39 is 39.3 Å². The van der Waals surface area contributed by atoms with Crippen molar-refractivity contribution in [3.05, 3.63) is 17.3 Å². The molecule has 4 heterocycles. The molecule has 0 spiro atoms. The van der Waals surface area contributed by atoms with Crippen molar-refractivity contribution in [2.24, 2.45) is 0 Å². The molecule has 5 rings (SSSR count). The highest BCUT2D eigenvalue weighted by Gasteiger charge is 2.46. The summed E-state index contributed by atoms with van der Waals surface area (Å²) in [4.78, 5) is 1.74. The van der Waals surface area contributed by atoms with Crippen LogP contribution in [0.3, 0.4) is 0 Å². The van der Waals surface area contributed by atoms with E-state index in [0.29, 0.717) is 61.4 Å². The third kappa shape index (κ3) is 4.25. The molecule has 1 saturated carbocycles. The van der Waals surface area contributed by atoms with Crippen molar-refractivity contribution < 1.29 is 26.7 Å². The number of rotatable bonds is 7. The number of anilines is 1. The summed E-state index contributed by atoms with van der Waals surface area (Å²) < 4.78 is 69.7. The van der Waals surface area contributed by atoms with Crippen molar-refractivity contribution in [3.63, 3.8) is 0 Å². The standard InChI is InChI=1S/C19H22F3N7O3S2/c1-18(30)4-6-28(7-5-18)12-8-11(34(31,32)27-19(10-20)2-3-19)9-29-14(12)23-24-15(29)17-26-25-16(33-17)13(21)22/h8-9,13,27,30H,2-7,10H2,1H3. The molecule has 34 heavy (non-hydrogen) atoms. The highest BCUT2D eigenvalue weighted by atomic mass is 32.2. The smallest absolute Gasteiger partial charge is 0.291 e. The number of halogens is 3. The van der Waals surface area contributed by atoms with E-state index in [-0.39, 0.29) is 15.7 Å². The maximum Gasteiger partial charge on any atom is 0.291 e. The minimum absolute atomic E-state index is 0.0558. The van der Waals surface area contributed by atoms with Crippen LogP contribution in [0.15, 0.2) is 17.2 Å². The second kappa shape index (κ2) is 8.10. The van der Waals surface area contributed by atoms with E-state index in [0.717, 1.165) is 0 Å². The zero-order chi connectivity index (χ0) is 24.3. The Labute approximate surface area is 196 Å². The van der Waals surface area contributed by atoms with Crippen LogP contribution >= 0.6 is 11.3 Å². The molecule has 1 saturated heterocycles. The van der Waals surface area contributed by atoms with Gasteiger partial charge in [0.2, 0.25) is 10.0 Å². The third-order valence-corrected chi connectivity index (χ3v) is 8.70. The van der Waals surface area contributed by atoms with Crippen LogP contribution in [0.2, 0.25) is 0 Å². The van der Waals surface area contributed by atoms with E-state index in [1.807, 2.05) is 4.90 Å². The second-order valence-corrected chi connectivity index (χ2v) is 11.7. The highest BCUT2D eigenvalue weighted by molar-refractivity contribution is 7.89. The molecule has 2 aliphatic rings. The Morgan fingerprint density at radius 3 is 2.47 bits per heavy atom. The molecule has 1 aliphatic heterocycles. The normalized spacial score (nSPS) is 19.8. The number of hydrogen-bond donors (Lipinski definition) is 2. The largest absolute Gasteiger partial charge is 0.390 e. The lowest BCUT2D eigenvalue weighted by atomic mass is 9.93. The van der Waals surface area contributed by atoms with Gasteiger partial charge in [-0.2, -0.15) is 0 Å². The van der Waals surface area contributed by atoms with Gasteiger partial charge in [-0.15, -0.1) is 20.4 Å². The first-order chi connectivity index (χ1) is 16.0. The summed E-state index contributed by atoms with van der Waals surface area (Å²) in [6.45, 7) is 1.79. The molecular weight excluding hydrogens is 495 g/mol. The molecule has 0 bridgehead atoms. The third-order valence-electron chi connectivity index (χ3n) is 6.23. The zero-order valence-corrected chi connectivity index (χ0v) is 19.7. The van der Waals surface area contributed by atoms with Gasteiger partial charge in [0.25, 0.3) is 6.43 Å². The van der Waals surface area contributed by atoms with E-state index in [9.17, 15) is 26.7 Å².